The molecule has 0 fully saturated rings. The molecule has 0 saturated heterocycles. The van der Waals surface area contributed by atoms with Gasteiger partial charge in [-0.25, -0.2) is 0 Å². The smallest absolute Gasteiger partial charge is 0.549 e. The third kappa shape index (κ3) is 8.24. The minimum atomic E-state index is -5.23. The van der Waals surface area contributed by atoms with Gasteiger partial charge in [-0.3, -0.25) is 4.55 Å². The summed E-state index contributed by atoms with van der Waals surface area (Å²) >= 11 is 0. The normalized spacial score (nSPS) is 13.8. The van der Waals surface area contributed by atoms with Crippen LogP contribution in [0.2, 0.25) is 0 Å². The summed E-state index contributed by atoms with van der Waals surface area (Å²) in [5.41, 5.74) is -2.24. The Morgan fingerprint density at radius 1 is 0.815 bits per heavy atom. The molecular formula is C17H30Na2O7S. The first-order valence-electron chi connectivity index (χ1n) is 8.91. The summed E-state index contributed by atoms with van der Waals surface area (Å²) in [4.78, 5) is 23.6. The number of carboxylic acids is 2. The van der Waals surface area contributed by atoms with E-state index in [1.807, 2.05) is 13.8 Å². The summed E-state index contributed by atoms with van der Waals surface area (Å²) in [6.45, 7) is 4.63. The number of carbonyl (C=O) groups excluding carboxylic acids is 2. The van der Waals surface area contributed by atoms with Crippen LogP contribution in [-0.2, 0) is 19.7 Å². The molecule has 0 aliphatic carbocycles. The molecule has 0 heterocycles. The van der Waals surface area contributed by atoms with Crippen LogP contribution in [0, 0.1) is 5.41 Å². The van der Waals surface area contributed by atoms with Crippen molar-refractivity contribution in [3.63, 3.8) is 0 Å². The zero-order valence-electron chi connectivity index (χ0n) is 17.4. The fraction of sp³-hybridized carbons (Fsp3) is 0.882. The van der Waals surface area contributed by atoms with E-state index in [-0.39, 0.29) is 72.0 Å². The molecule has 7 nitrogen and oxygen atoms in total. The Morgan fingerprint density at radius 3 is 1.41 bits per heavy atom. The van der Waals surface area contributed by atoms with Crippen molar-refractivity contribution in [2.45, 2.75) is 89.7 Å². The van der Waals surface area contributed by atoms with Gasteiger partial charge in [0.25, 0.3) is 10.1 Å². The van der Waals surface area contributed by atoms with Gasteiger partial charge in [0.1, 0.15) is 4.75 Å². The van der Waals surface area contributed by atoms with Crippen molar-refractivity contribution in [3.05, 3.63) is 0 Å². The molecule has 0 spiro atoms. The third-order valence-corrected chi connectivity index (χ3v) is 6.71. The standard InChI is InChI=1S/C17H32O7S.2Na/c1-4-6-8-10-12-17(15(20)21,13-11-9-7-5-2)16(3,14(18)19)25(22,23)24;;/h4-13H2,1-3H3,(H,18,19)(H,20,21)(H,22,23,24);;/q;2*+1/p-2. The van der Waals surface area contributed by atoms with Gasteiger partial charge in [-0.15, -0.1) is 0 Å². The van der Waals surface area contributed by atoms with Crippen LogP contribution in [0.4, 0.5) is 0 Å². The zero-order chi connectivity index (χ0) is 19.7. The minimum Gasteiger partial charge on any atom is -0.549 e. The number of hydrogen-bond donors (Lipinski definition) is 1. The predicted octanol–water partition coefficient (Wildman–Crippen LogP) is -4.93. The Bertz CT molecular complexity index is 539. The predicted molar refractivity (Wildman–Crippen MR) is 89.9 cm³/mol. The van der Waals surface area contributed by atoms with Crippen molar-refractivity contribution >= 4 is 22.1 Å². The molecular weight excluding hydrogens is 394 g/mol. The zero-order valence-corrected chi connectivity index (χ0v) is 22.2. The molecule has 0 aromatic rings. The topological polar surface area (TPSA) is 135 Å². The summed E-state index contributed by atoms with van der Waals surface area (Å²) < 4.78 is 30.3. The molecule has 1 unspecified atom stereocenters. The monoisotopic (exact) mass is 424 g/mol. The first kappa shape index (κ1) is 32.5. The molecule has 0 aromatic carbocycles. The summed E-state index contributed by atoms with van der Waals surface area (Å²) in [6, 6.07) is 0. The average molecular weight is 424 g/mol. The largest absolute Gasteiger partial charge is 1.00 e. The quantitative estimate of drug-likeness (QED) is 0.168. The van der Waals surface area contributed by atoms with E-state index in [0.29, 0.717) is 32.6 Å². The van der Waals surface area contributed by atoms with Crippen molar-refractivity contribution < 1.29 is 91.9 Å². The number of aliphatic carboxylic acids is 2. The van der Waals surface area contributed by atoms with E-state index >= 15 is 0 Å². The molecule has 27 heavy (non-hydrogen) atoms. The van der Waals surface area contributed by atoms with Crippen LogP contribution in [-0.4, -0.2) is 29.7 Å². The Balaban J connectivity index is -0.00000288. The molecule has 0 saturated carbocycles. The summed E-state index contributed by atoms with van der Waals surface area (Å²) in [7, 11) is -5.23. The molecule has 1 atom stereocenters. The molecule has 1 N–H and O–H groups in total. The molecule has 148 valence electrons. The van der Waals surface area contributed by atoms with Gasteiger partial charge in [-0.05, 0) is 19.8 Å². The van der Waals surface area contributed by atoms with Gasteiger partial charge in [-0.2, -0.15) is 8.42 Å². The van der Waals surface area contributed by atoms with Crippen LogP contribution in [0.25, 0.3) is 0 Å². The van der Waals surface area contributed by atoms with E-state index in [2.05, 4.69) is 0 Å². The Hall–Kier alpha value is 0.850. The fourth-order valence-electron chi connectivity index (χ4n) is 3.26. The molecule has 0 radical (unpaired) electrons. The third-order valence-electron chi connectivity index (χ3n) is 5.12. The van der Waals surface area contributed by atoms with Crippen LogP contribution < -0.4 is 69.3 Å². The summed E-state index contributed by atoms with van der Waals surface area (Å²) in [5, 5.41) is 23.6. The van der Waals surface area contributed by atoms with Crippen molar-refractivity contribution in [3.8, 4) is 0 Å². The van der Waals surface area contributed by atoms with Crippen molar-refractivity contribution in [2.24, 2.45) is 5.41 Å². The number of hydrogen-bond acceptors (Lipinski definition) is 6. The number of carboxylic acid groups (broad SMARTS) is 2. The summed E-state index contributed by atoms with van der Waals surface area (Å²) in [6.07, 6.45) is 4.90. The first-order chi connectivity index (χ1) is 11.5. The molecule has 0 aliphatic heterocycles. The van der Waals surface area contributed by atoms with Crippen LogP contribution in [0.15, 0.2) is 0 Å². The van der Waals surface area contributed by atoms with Crippen LogP contribution in [0.3, 0.4) is 0 Å². The maximum Gasteiger partial charge on any atom is 1.00 e. The molecule has 0 aliphatic rings. The van der Waals surface area contributed by atoms with E-state index in [4.69, 9.17) is 0 Å². The summed E-state index contributed by atoms with van der Waals surface area (Å²) in [5.74, 6) is -3.89. The molecule has 0 amide bonds. The number of rotatable bonds is 14. The van der Waals surface area contributed by atoms with E-state index in [1.165, 1.54) is 0 Å². The second-order valence-corrected chi connectivity index (χ2v) is 8.55. The Kier molecular flexibility index (Phi) is 17.8. The Labute approximate surface area is 207 Å². The van der Waals surface area contributed by atoms with Crippen LogP contribution in [0.1, 0.15) is 85.0 Å². The number of carbonyl (C=O) groups is 2. The van der Waals surface area contributed by atoms with Gasteiger partial charge in [-0.1, -0.05) is 65.2 Å². The first-order valence-corrected chi connectivity index (χ1v) is 10.3. The maximum absolute atomic E-state index is 12.0. The average Bonchev–Trinajstić information content (AvgIpc) is 2.51. The molecule has 0 aromatic heterocycles. The van der Waals surface area contributed by atoms with Gasteiger partial charge in [0.15, 0.2) is 0 Å². The van der Waals surface area contributed by atoms with Gasteiger partial charge in [0.05, 0.1) is 5.97 Å². The second-order valence-electron chi connectivity index (χ2n) is 6.79. The van der Waals surface area contributed by atoms with Crippen molar-refractivity contribution in [1.29, 1.82) is 0 Å². The van der Waals surface area contributed by atoms with Gasteiger partial charge in [0.2, 0.25) is 0 Å². The van der Waals surface area contributed by atoms with E-state index in [9.17, 15) is 32.8 Å². The van der Waals surface area contributed by atoms with Crippen LogP contribution >= 0.6 is 0 Å². The van der Waals surface area contributed by atoms with E-state index in [1.54, 1.807) is 0 Å². The van der Waals surface area contributed by atoms with Gasteiger partial charge in [0, 0.05) is 11.4 Å². The minimum absolute atomic E-state index is 0. The van der Waals surface area contributed by atoms with Gasteiger partial charge >= 0.3 is 59.1 Å². The van der Waals surface area contributed by atoms with Crippen molar-refractivity contribution in [2.75, 3.05) is 0 Å². The number of unbranched alkanes of at least 4 members (excludes halogenated alkanes) is 6. The SMILES string of the molecule is CCCCCCC(CCCCCC)(C(=O)[O-])C(C)(C(=O)[O-])S(=O)(=O)O.[Na+].[Na+]. The fourth-order valence-corrected chi connectivity index (χ4v) is 4.25. The van der Waals surface area contributed by atoms with Crippen LogP contribution in [0.5, 0.6) is 0 Å². The second kappa shape index (κ2) is 14.8. The molecule has 0 rings (SSSR count). The molecule has 0 bridgehead atoms. The Morgan fingerprint density at radius 2 is 1.19 bits per heavy atom. The van der Waals surface area contributed by atoms with E-state index in [0.717, 1.165) is 25.7 Å². The maximum atomic E-state index is 12.0. The van der Waals surface area contributed by atoms with E-state index < -0.39 is 32.2 Å². The van der Waals surface area contributed by atoms with Crippen molar-refractivity contribution in [1.82, 2.24) is 0 Å². The molecule has 10 heteroatoms. The van der Waals surface area contributed by atoms with Gasteiger partial charge < -0.3 is 19.8 Å².